The summed E-state index contributed by atoms with van der Waals surface area (Å²) in [5, 5.41) is 3.93. The number of hydrogen-bond acceptors (Lipinski definition) is 8. The number of hydrogen-bond donors (Lipinski definition) is 2. The number of ketones is 1. The van der Waals surface area contributed by atoms with Crippen LogP contribution in [-0.4, -0.2) is 30.3 Å². The van der Waals surface area contributed by atoms with Gasteiger partial charge in [-0.2, -0.15) is 0 Å². The third-order valence-electron chi connectivity index (χ3n) is 6.00. The smallest absolute Gasteiger partial charge is 0.267 e. The minimum Gasteiger partial charge on any atom is -0.382 e. The Kier molecular flexibility index (Phi) is 7.04. The number of anilines is 2. The molecule has 0 aliphatic rings. The minimum absolute atomic E-state index is 0.145. The fourth-order valence-electron chi connectivity index (χ4n) is 4.14. The summed E-state index contributed by atoms with van der Waals surface area (Å²) in [7, 11) is 0. The van der Waals surface area contributed by atoms with Crippen molar-refractivity contribution in [1.82, 2.24) is 24.5 Å². The molecule has 3 aromatic heterocycles. The number of carbonyl (C=O) groups excluding carboxylic acids is 1. The van der Waals surface area contributed by atoms with Gasteiger partial charge in [0.2, 0.25) is 0 Å². The molecule has 0 aliphatic heterocycles. The van der Waals surface area contributed by atoms with E-state index in [1.807, 2.05) is 37.3 Å². The maximum Gasteiger partial charge on any atom is 0.267 e. The van der Waals surface area contributed by atoms with Gasteiger partial charge in [0.15, 0.2) is 5.78 Å². The zero-order valence-corrected chi connectivity index (χ0v) is 21.8. The lowest BCUT2D eigenvalue weighted by Gasteiger charge is -2.21. The number of nitrogens with two attached hydrogens (primary N) is 1. The Balaban J connectivity index is 1.62. The van der Waals surface area contributed by atoms with Gasteiger partial charge < -0.3 is 11.1 Å². The first-order valence-electron chi connectivity index (χ1n) is 12.0. The molecule has 0 bridgehead atoms. The number of fused-ring (bicyclic) bond motifs is 1. The molecule has 10 heteroatoms. The van der Waals surface area contributed by atoms with Crippen LogP contribution >= 0.6 is 11.6 Å². The van der Waals surface area contributed by atoms with Crippen LogP contribution in [0.1, 0.15) is 47.3 Å². The number of aromatic nitrogens is 5. The third kappa shape index (κ3) is 5.06. The van der Waals surface area contributed by atoms with Crippen molar-refractivity contribution < 1.29 is 4.79 Å². The number of rotatable bonds is 5. The van der Waals surface area contributed by atoms with Crippen LogP contribution in [0.2, 0.25) is 5.02 Å². The van der Waals surface area contributed by atoms with E-state index in [9.17, 15) is 9.59 Å². The molecule has 3 heterocycles. The first kappa shape index (κ1) is 25.6. The van der Waals surface area contributed by atoms with Gasteiger partial charge in [0.1, 0.15) is 35.0 Å². The molecule has 0 fully saturated rings. The molecule has 1 unspecified atom stereocenters. The van der Waals surface area contributed by atoms with Gasteiger partial charge in [-0.05, 0) is 56.2 Å². The third-order valence-corrected chi connectivity index (χ3v) is 6.31. The molecule has 0 aliphatic carbocycles. The van der Waals surface area contributed by atoms with Gasteiger partial charge >= 0.3 is 0 Å². The van der Waals surface area contributed by atoms with Gasteiger partial charge in [-0.25, -0.2) is 19.9 Å². The standard InChI is InChI=1S/C29H22ClN7O2/c1-17(28-36-24-12-6-11-22(30)25(24)29(39)37(28)19-8-4-3-5-9-19)35-27-21(26(31)33-16-34-27)13-14-23-20(18(2)38)10-7-15-32-23/h3-12,15-17H,1-2H3,(H3,31,33,34,35). The van der Waals surface area contributed by atoms with E-state index in [4.69, 9.17) is 22.3 Å². The summed E-state index contributed by atoms with van der Waals surface area (Å²) in [6.07, 6.45) is 2.87. The average Bonchev–Trinajstić information content (AvgIpc) is 2.93. The molecule has 0 amide bonds. The molecule has 3 N–H and O–H groups in total. The van der Waals surface area contributed by atoms with Crippen molar-refractivity contribution in [2.75, 3.05) is 11.1 Å². The molecule has 2 aromatic carbocycles. The zero-order valence-electron chi connectivity index (χ0n) is 21.0. The lowest BCUT2D eigenvalue weighted by atomic mass is 10.1. The average molecular weight is 536 g/mol. The highest BCUT2D eigenvalue weighted by Crippen LogP contribution is 2.26. The highest BCUT2D eigenvalue weighted by Gasteiger charge is 2.21. The minimum atomic E-state index is -0.529. The number of nitrogen functional groups attached to an aromatic ring is 1. The van der Waals surface area contributed by atoms with E-state index in [1.54, 1.807) is 36.5 Å². The molecule has 9 nitrogen and oxygen atoms in total. The zero-order chi connectivity index (χ0) is 27.5. The van der Waals surface area contributed by atoms with Crippen molar-refractivity contribution in [3.63, 3.8) is 0 Å². The van der Waals surface area contributed by atoms with Gasteiger partial charge in [0.25, 0.3) is 5.56 Å². The summed E-state index contributed by atoms with van der Waals surface area (Å²) >= 11 is 6.40. The molecule has 192 valence electrons. The number of nitrogens with zero attached hydrogens (tertiary/aromatic N) is 5. The Morgan fingerprint density at radius 3 is 2.59 bits per heavy atom. The first-order valence-corrected chi connectivity index (χ1v) is 12.3. The van der Waals surface area contributed by atoms with Crippen molar-refractivity contribution in [2.45, 2.75) is 19.9 Å². The number of Topliss-reactive ketones (excluding diaryl/α,β-unsaturated/α-hetero) is 1. The van der Waals surface area contributed by atoms with Crippen LogP contribution in [0, 0.1) is 11.8 Å². The SMILES string of the molecule is CC(=O)c1cccnc1C#Cc1c(N)ncnc1NC(C)c1nc2cccc(Cl)c2c(=O)n1-c1ccccc1. The van der Waals surface area contributed by atoms with Crippen molar-refractivity contribution in [3.8, 4) is 17.5 Å². The Bertz CT molecular complexity index is 1840. The van der Waals surface area contributed by atoms with Gasteiger partial charge in [0.05, 0.1) is 33.2 Å². The van der Waals surface area contributed by atoms with E-state index in [-0.39, 0.29) is 17.2 Å². The number of para-hydroxylation sites is 1. The monoisotopic (exact) mass is 535 g/mol. The molecular weight excluding hydrogens is 514 g/mol. The summed E-state index contributed by atoms with van der Waals surface area (Å²) in [5.74, 6) is 6.63. The lowest BCUT2D eigenvalue weighted by Crippen LogP contribution is -2.27. The molecule has 0 saturated heterocycles. The maximum absolute atomic E-state index is 13.7. The molecule has 5 aromatic rings. The van der Waals surface area contributed by atoms with E-state index in [0.717, 1.165) is 0 Å². The van der Waals surface area contributed by atoms with Crippen LogP contribution in [-0.2, 0) is 0 Å². The summed E-state index contributed by atoms with van der Waals surface area (Å²) in [6.45, 7) is 3.30. The second-order valence-corrected chi connectivity index (χ2v) is 9.04. The van der Waals surface area contributed by atoms with Crippen LogP contribution in [0.15, 0.2) is 78.0 Å². The number of halogens is 1. The quantitative estimate of drug-likeness (QED) is 0.247. The lowest BCUT2D eigenvalue weighted by molar-refractivity contribution is 0.101. The molecule has 5 rings (SSSR count). The second kappa shape index (κ2) is 10.7. The first-order chi connectivity index (χ1) is 18.8. The Hall–Kier alpha value is -5.07. The summed E-state index contributed by atoms with van der Waals surface area (Å²) in [6, 6.07) is 17.1. The van der Waals surface area contributed by atoms with Crippen molar-refractivity contribution >= 4 is 39.9 Å². The van der Waals surface area contributed by atoms with Gasteiger partial charge in [0, 0.05) is 6.20 Å². The molecular formula is C29H22ClN7O2. The molecule has 1 atom stereocenters. The molecule has 0 spiro atoms. The number of nitrogens with one attached hydrogen (secondary N) is 1. The topological polar surface area (TPSA) is 129 Å². The predicted octanol–water partition coefficient (Wildman–Crippen LogP) is 4.58. The van der Waals surface area contributed by atoms with E-state index in [0.29, 0.717) is 50.1 Å². The fourth-order valence-corrected chi connectivity index (χ4v) is 4.39. The van der Waals surface area contributed by atoms with Crippen LogP contribution < -0.4 is 16.6 Å². The fraction of sp³-hybridized carbons (Fsp3) is 0.103. The van der Waals surface area contributed by atoms with Crippen LogP contribution in [0.25, 0.3) is 16.6 Å². The Labute approximate surface area is 228 Å². The summed E-state index contributed by atoms with van der Waals surface area (Å²) in [4.78, 5) is 43.1. The summed E-state index contributed by atoms with van der Waals surface area (Å²) < 4.78 is 1.52. The largest absolute Gasteiger partial charge is 0.382 e. The number of benzene rings is 2. The normalized spacial score (nSPS) is 11.5. The van der Waals surface area contributed by atoms with Crippen LogP contribution in [0.5, 0.6) is 0 Å². The Morgan fingerprint density at radius 1 is 1.03 bits per heavy atom. The van der Waals surface area contributed by atoms with Crippen LogP contribution in [0.4, 0.5) is 11.6 Å². The van der Waals surface area contributed by atoms with Crippen molar-refractivity contribution in [2.24, 2.45) is 0 Å². The molecule has 0 saturated carbocycles. The van der Waals surface area contributed by atoms with E-state index in [1.165, 1.54) is 17.8 Å². The van der Waals surface area contributed by atoms with E-state index in [2.05, 4.69) is 32.1 Å². The van der Waals surface area contributed by atoms with Gasteiger partial charge in [-0.1, -0.05) is 41.8 Å². The molecule has 0 radical (unpaired) electrons. The van der Waals surface area contributed by atoms with Gasteiger partial charge in [-0.15, -0.1) is 0 Å². The van der Waals surface area contributed by atoms with Crippen molar-refractivity contribution in [1.29, 1.82) is 0 Å². The van der Waals surface area contributed by atoms with E-state index < -0.39 is 6.04 Å². The number of pyridine rings is 1. The Morgan fingerprint density at radius 2 is 1.82 bits per heavy atom. The predicted molar refractivity (Wildman–Crippen MR) is 151 cm³/mol. The summed E-state index contributed by atoms with van der Waals surface area (Å²) in [5.41, 5.74) is 8.01. The maximum atomic E-state index is 13.7. The highest BCUT2D eigenvalue weighted by atomic mass is 35.5. The van der Waals surface area contributed by atoms with Gasteiger partial charge in [-0.3, -0.25) is 14.2 Å². The van der Waals surface area contributed by atoms with E-state index >= 15 is 0 Å². The van der Waals surface area contributed by atoms with Crippen LogP contribution in [0.3, 0.4) is 0 Å². The number of carbonyl (C=O) groups is 1. The van der Waals surface area contributed by atoms with Crippen molar-refractivity contribution in [3.05, 3.63) is 111 Å². The molecule has 39 heavy (non-hydrogen) atoms. The second-order valence-electron chi connectivity index (χ2n) is 8.63. The highest BCUT2D eigenvalue weighted by molar-refractivity contribution is 6.35.